The molecule has 2 N–H and O–H groups in total. The summed E-state index contributed by atoms with van der Waals surface area (Å²) in [5.74, 6) is 0.341. The van der Waals surface area contributed by atoms with Crippen molar-refractivity contribution in [3.8, 4) is 0 Å². The molecular weight excluding hydrogens is 211 g/mol. The highest BCUT2D eigenvalue weighted by atomic mass is 31.2. The summed E-state index contributed by atoms with van der Waals surface area (Å²) in [5.41, 5.74) is 1.81. The Morgan fingerprint density at radius 2 is 1.93 bits per heavy atom. The van der Waals surface area contributed by atoms with Gasteiger partial charge < -0.3 is 9.79 Å². The lowest BCUT2D eigenvalue weighted by molar-refractivity contribution is 0.371. The van der Waals surface area contributed by atoms with Crippen LogP contribution in [-0.2, 0) is 10.7 Å². The van der Waals surface area contributed by atoms with Gasteiger partial charge in [-0.15, -0.1) is 0 Å². The van der Waals surface area contributed by atoms with Crippen LogP contribution in [0.2, 0.25) is 0 Å². The van der Waals surface area contributed by atoms with Crippen molar-refractivity contribution < 1.29 is 14.4 Å². The summed E-state index contributed by atoms with van der Waals surface area (Å²) in [6, 6.07) is 7.46. The van der Waals surface area contributed by atoms with Gasteiger partial charge in [0, 0.05) is 0 Å². The van der Waals surface area contributed by atoms with E-state index in [4.69, 9.17) is 9.79 Å². The third-order valence-corrected chi connectivity index (χ3v) is 3.33. The van der Waals surface area contributed by atoms with Gasteiger partial charge in [-0.3, -0.25) is 4.57 Å². The van der Waals surface area contributed by atoms with Crippen LogP contribution < -0.4 is 0 Å². The minimum absolute atomic E-state index is 0.159. The van der Waals surface area contributed by atoms with E-state index in [1.807, 2.05) is 18.2 Å². The number of hydrogen-bond donors (Lipinski definition) is 2. The average Bonchev–Trinajstić information content (AvgIpc) is 2.15. The molecule has 0 amide bonds. The minimum Gasteiger partial charge on any atom is -0.324 e. The van der Waals surface area contributed by atoms with Crippen LogP contribution in [0.15, 0.2) is 24.3 Å². The van der Waals surface area contributed by atoms with Crippen molar-refractivity contribution in [2.45, 2.75) is 32.3 Å². The van der Waals surface area contributed by atoms with Crippen LogP contribution in [0.25, 0.3) is 0 Å². The molecule has 0 bridgehead atoms. The minimum atomic E-state index is -3.96. The smallest absolute Gasteiger partial charge is 0.324 e. The zero-order valence-electron chi connectivity index (χ0n) is 9.05. The third-order valence-electron chi connectivity index (χ3n) is 2.57. The standard InChI is InChI=1S/C11H17O3P/c1-3-9(2)11-7-5-4-6-10(11)8-15(12,13)14/h4-7,9H,3,8H2,1-2H3,(H2,12,13,14). The Labute approximate surface area is 90.3 Å². The van der Waals surface area contributed by atoms with Crippen molar-refractivity contribution in [3.05, 3.63) is 35.4 Å². The lowest BCUT2D eigenvalue weighted by Gasteiger charge is -2.15. The third kappa shape index (κ3) is 3.78. The molecule has 1 unspecified atom stereocenters. The van der Waals surface area contributed by atoms with Crippen LogP contribution in [0.1, 0.15) is 37.3 Å². The Morgan fingerprint density at radius 3 is 2.47 bits per heavy atom. The van der Waals surface area contributed by atoms with E-state index in [1.165, 1.54) is 0 Å². The van der Waals surface area contributed by atoms with E-state index >= 15 is 0 Å². The van der Waals surface area contributed by atoms with Crippen molar-refractivity contribution in [3.63, 3.8) is 0 Å². The first-order chi connectivity index (χ1) is 6.94. The fourth-order valence-electron chi connectivity index (χ4n) is 1.60. The maximum atomic E-state index is 11.0. The van der Waals surface area contributed by atoms with Gasteiger partial charge >= 0.3 is 7.60 Å². The Hall–Kier alpha value is -0.630. The van der Waals surface area contributed by atoms with E-state index in [1.54, 1.807) is 6.07 Å². The zero-order valence-corrected chi connectivity index (χ0v) is 9.95. The van der Waals surface area contributed by atoms with E-state index in [-0.39, 0.29) is 6.16 Å². The van der Waals surface area contributed by atoms with Gasteiger partial charge in [0.05, 0.1) is 6.16 Å². The number of rotatable bonds is 4. The largest absolute Gasteiger partial charge is 0.329 e. The molecule has 1 rings (SSSR count). The van der Waals surface area contributed by atoms with E-state index in [9.17, 15) is 4.57 Å². The topological polar surface area (TPSA) is 57.5 Å². The predicted molar refractivity (Wildman–Crippen MR) is 60.9 cm³/mol. The lowest BCUT2D eigenvalue weighted by atomic mass is 9.94. The monoisotopic (exact) mass is 228 g/mol. The van der Waals surface area contributed by atoms with Crippen molar-refractivity contribution in [1.82, 2.24) is 0 Å². The fraction of sp³-hybridized carbons (Fsp3) is 0.455. The van der Waals surface area contributed by atoms with Gasteiger partial charge in [0.2, 0.25) is 0 Å². The molecule has 0 spiro atoms. The van der Waals surface area contributed by atoms with Crippen molar-refractivity contribution in [2.24, 2.45) is 0 Å². The van der Waals surface area contributed by atoms with Gasteiger partial charge in [-0.05, 0) is 23.5 Å². The molecule has 0 aliphatic heterocycles. The van der Waals surface area contributed by atoms with Crippen LogP contribution in [0.4, 0.5) is 0 Å². The Morgan fingerprint density at radius 1 is 1.33 bits per heavy atom. The summed E-state index contributed by atoms with van der Waals surface area (Å²) in [6.45, 7) is 4.14. The van der Waals surface area contributed by atoms with Crippen LogP contribution in [-0.4, -0.2) is 9.79 Å². The Balaban J connectivity index is 3.01. The molecule has 1 aromatic carbocycles. The first kappa shape index (κ1) is 12.4. The molecule has 0 fully saturated rings. The summed E-state index contributed by atoms with van der Waals surface area (Å²) >= 11 is 0. The highest BCUT2D eigenvalue weighted by molar-refractivity contribution is 7.50. The second kappa shape index (κ2) is 4.93. The van der Waals surface area contributed by atoms with Crippen molar-refractivity contribution in [1.29, 1.82) is 0 Å². The molecule has 0 aliphatic rings. The first-order valence-electron chi connectivity index (χ1n) is 5.06. The van der Waals surface area contributed by atoms with Gasteiger partial charge in [-0.1, -0.05) is 38.1 Å². The molecule has 3 nitrogen and oxygen atoms in total. The summed E-state index contributed by atoms with van der Waals surface area (Å²) < 4.78 is 11.0. The summed E-state index contributed by atoms with van der Waals surface area (Å²) in [7, 11) is -3.96. The molecular formula is C11H17O3P. The Bertz CT molecular complexity index is 370. The van der Waals surface area contributed by atoms with Gasteiger partial charge in [0.15, 0.2) is 0 Å². The van der Waals surface area contributed by atoms with E-state index in [0.29, 0.717) is 5.92 Å². The lowest BCUT2D eigenvalue weighted by Crippen LogP contribution is -1.98. The maximum absolute atomic E-state index is 11.0. The van der Waals surface area contributed by atoms with Crippen LogP contribution >= 0.6 is 7.60 Å². The second-order valence-corrected chi connectivity index (χ2v) is 5.48. The fourth-order valence-corrected chi connectivity index (χ4v) is 2.33. The highest BCUT2D eigenvalue weighted by Gasteiger charge is 2.17. The number of hydrogen-bond acceptors (Lipinski definition) is 1. The molecule has 84 valence electrons. The second-order valence-electron chi connectivity index (χ2n) is 3.83. The Kier molecular flexibility index (Phi) is 4.09. The van der Waals surface area contributed by atoms with Gasteiger partial charge in [0.25, 0.3) is 0 Å². The van der Waals surface area contributed by atoms with Gasteiger partial charge in [-0.25, -0.2) is 0 Å². The van der Waals surface area contributed by atoms with Gasteiger partial charge in [0.1, 0.15) is 0 Å². The maximum Gasteiger partial charge on any atom is 0.329 e. The molecule has 15 heavy (non-hydrogen) atoms. The molecule has 0 aromatic heterocycles. The molecule has 0 radical (unpaired) electrons. The van der Waals surface area contributed by atoms with E-state index in [0.717, 1.165) is 17.5 Å². The molecule has 0 saturated carbocycles. The first-order valence-corrected chi connectivity index (χ1v) is 6.86. The summed E-state index contributed by atoms with van der Waals surface area (Å²) in [5, 5.41) is 0. The normalized spacial score (nSPS) is 13.9. The van der Waals surface area contributed by atoms with Crippen LogP contribution in [0.5, 0.6) is 0 Å². The molecule has 0 aliphatic carbocycles. The SMILES string of the molecule is CCC(C)c1ccccc1CP(=O)(O)O. The van der Waals surface area contributed by atoms with Crippen molar-refractivity contribution in [2.75, 3.05) is 0 Å². The summed E-state index contributed by atoms with van der Waals surface area (Å²) in [4.78, 5) is 17.9. The predicted octanol–water partition coefficient (Wildman–Crippen LogP) is 2.88. The quantitative estimate of drug-likeness (QED) is 0.779. The van der Waals surface area contributed by atoms with Crippen molar-refractivity contribution >= 4 is 7.60 Å². The van der Waals surface area contributed by atoms with E-state index < -0.39 is 7.60 Å². The molecule has 1 aromatic rings. The molecule has 0 saturated heterocycles. The highest BCUT2D eigenvalue weighted by Crippen LogP contribution is 2.41. The van der Waals surface area contributed by atoms with Crippen LogP contribution in [0.3, 0.4) is 0 Å². The van der Waals surface area contributed by atoms with Crippen LogP contribution in [0, 0.1) is 0 Å². The molecule has 0 heterocycles. The molecule has 1 atom stereocenters. The zero-order chi connectivity index (χ0) is 11.5. The molecule has 4 heteroatoms. The van der Waals surface area contributed by atoms with Gasteiger partial charge in [-0.2, -0.15) is 0 Å². The summed E-state index contributed by atoms with van der Waals surface area (Å²) in [6.07, 6.45) is 0.811. The average molecular weight is 228 g/mol. The number of benzene rings is 1. The van der Waals surface area contributed by atoms with E-state index in [2.05, 4.69) is 13.8 Å².